The summed E-state index contributed by atoms with van der Waals surface area (Å²) in [5, 5.41) is 1.46. The van der Waals surface area contributed by atoms with E-state index in [1.165, 1.54) is 37.7 Å². The van der Waals surface area contributed by atoms with Crippen LogP contribution in [0.25, 0.3) is 0 Å². The molecule has 3 aromatic carbocycles. The molecule has 1 fully saturated rings. The van der Waals surface area contributed by atoms with Crippen LogP contribution in [0.3, 0.4) is 0 Å². The number of hydrogen-bond acceptors (Lipinski definition) is 9. The molecular weight excluding hydrogens is 550 g/mol. The van der Waals surface area contributed by atoms with Crippen LogP contribution in [0, 0.1) is 0 Å². The van der Waals surface area contributed by atoms with E-state index < -0.39 is 34.4 Å². The van der Waals surface area contributed by atoms with Crippen LogP contribution in [0.4, 0.5) is 0 Å². The molecule has 40 heavy (non-hydrogen) atoms. The molecule has 0 aliphatic carbocycles. The lowest BCUT2D eigenvalue weighted by Gasteiger charge is -2.19. The number of carbonyl (C=O) groups is 4. The smallest absolute Gasteiger partial charge is 0.329 e. The van der Waals surface area contributed by atoms with Crippen molar-refractivity contribution in [1.29, 1.82) is 0 Å². The van der Waals surface area contributed by atoms with Gasteiger partial charge in [0.15, 0.2) is 0 Å². The molecule has 208 valence electrons. The number of esters is 3. The molecule has 1 aliphatic rings. The van der Waals surface area contributed by atoms with Gasteiger partial charge in [-0.3, -0.25) is 14.4 Å². The number of hydrogen-bond donors (Lipinski definition) is 1. The van der Waals surface area contributed by atoms with Crippen molar-refractivity contribution in [2.24, 2.45) is 0 Å². The zero-order valence-corrected chi connectivity index (χ0v) is 23.6. The molecule has 0 bridgehead atoms. The van der Waals surface area contributed by atoms with Crippen LogP contribution in [-0.4, -0.2) is 54.6 Å². The van der Waals surface area contributed by atoms with Gasteiger partial charge in [0.25, 0.3) is 5.91 Å². The molecule has 1 saturated heterocycles. The molecule has 1 aliphatic heterocycles. The van der Waals surface area contributed by atoms with Crippen LogP contribution < -0.4 is 5.32 Å². The van der Waals surface area contributed by atoms with Gasteiger partial charge in [-0.2, -0.15) is 0 Å². The van der Waals surface area contributed by atoms with Crippen LogP contribution in [0.1, 0.15) is 31.6 Å². The zero-order valence-electron chi connectivity index (χ0n) is 22.0. The molecule has 3 atom stereocenters. The van der Waals surface area contributed by atoms with E-state index in [0.29, 0.717) is 5.56 Å². The molecule has 1 heterocycles. The predicted molar refractivity (Wildman–Crippen MR) is 154 cm³/mol. The van der Waals surface area contributed by atoms with Gasteiger partial charge in [-0.15, -0.1) is 23.5 Å². The largest absolute Gasteiger partial charge is 0.468 e. The molecule has 0 spiro atoms. The van der Waals surface area contributed by atoms with Crippen molar-refractivity contribution in [3.8, 4) is 0 Å². The first-order valence-electron chi connectivity index (χ1n) is 12.5. The maximum Gasteiger partial charge on any atom is 0.329 e. The molecule has 0 radical (unpaired) electrons. The van der Waals surface area contributed by atoms with E-state index in [0.717, 1.165) is 16.7 Å². The van der Waals surface area contributed by atoms with Crippen molar-refractivity contribution in [1.82, 2.24) is 5.32 Å². The highest BCUT2D eigenvalue weighted by Gasteiger charge is 2.46. The second kappa shape index (κ2) is 14.0. The van der Waals surface area contributed by atoms with E-state index in [4.69, 9.17) is 14.2 Å². The third-order valence-corrected chi connectivity index (χ3v) is 9.62. The zero-order chi connectivity index (χ0) is 28.5. The van der Waals surface area contributed by atoms with Gasteiger partial charge in [0.05, 0.1) is 18.8 Å². The Bertz CT molecular complexity index is 1290. The van der Waals surface area contributed by atoms with Gasteiger partial charge >= 0.3 is 17.9 Å². The van der Waals surface area contributed by atoms with Gasteiger partial charge in [0, 0.05) is 12.0 Å². The number of thioether (sulfide) groups is 2. The minimum absolute atomic E-state index is 0.0924. The van der Waals surface area contributed by atoms with Crippen molar-refractivity contribution in [3.63, 3.8) is 0 Å². The quantitative estimate of drug-likeness (QED) is 0.277. The van der Waals surface area contributed by atoms with E-state index in [-0.39, 0.29) is 23.5 Å². The fraction of sp³-hybridized carbons (Fsp3) is 0.267. The minimum Gasteiger partial charge on any atom is -0.468 e. The van der Waals surface area contributed by atoms with Gasteiger partial charge in [-0.25, -0.2) is 4.79 Å². The first-order chi connectivity index (χ1) is 19.4. The number of rotatable bonds is 10. The fourth-order valence-corrected chi connectivity index (χ4v) is 7.53. The lowest BCUT2D eigenvalue weighted by molar-refractivity contribution is -0.147. The van der Waals surface area contributed by atoms with Crippen molar-refractivity contribution < 1.29 is 33.4 Å². The van der Waals surface area contributed by atoms with Gasteiger partial charge in [-0.05, 0) is 28.8 Å². The van der Waals surface area contributed by atoms with Gasteiger partial charge in [0.2, 0.25) is 0 Å². The van der Waals surface area contributed by atoms with Crippen molar-refractivity contribution >= 4 is 47.3 Å². The average molecular weight is 580 g/mol. The standard InChI is InChI=1S/C30H29NO7S2/c1-36-28(34)24-25(29(35)37-2)40-30(39-24)22-15-13-19(14-16-22)17-23(31-26(32)21-11-7-4-8-12-21)27(33)38-18-20-9-5-3-6-10-20/h3-16,23-25,30H,17-18H2,1-2H3,(H,31,32)/t23-,24?,25?,30?/m0/s1. The molecule has 1 N–H and O–H groups in total. The summed E-state index contributed by atoms with van der Waals surface area (Å²) < 4.78 is 15.1. The Labute approximate surface area is 241 Å². The van der Waals surface area contributed by atoms with Gasteiger partial charge < -0.3 is 19.5 Å². The van der Waals surface area contributed by atoms with Gasteiger partial charge in [-0.1, -0.05) is 72.8 Å². The Morgan fingerprint density at radius 2 is 1.30 bits per heavy atom. The predicted octanol–water partition coefficient (Wildman–Crippen LogP) is 4.33. The summed E-state index contributed by atoms with van der Waals surface area (Å²) in [4.78, 5) is 50.5. The number of ether oxygens (including phenoxy) is 3. The van der Waals surface area contributed by atoms with Crippen LogP contribution >= 0.6 is 23.5 Å². The summed E-state index contributed by atoms with van der Waals surface area (Å²) in [5.41, 5.74) is 2.99. The van der Waals surface area contributed by atoms with Crippen LogP contribution in [0.2, 0.25) is 0 Å². The van der Waals surface area contributed by atoms with Crippen molar-refractivity contribution in [3.05, 3.63) is 107 Å². The van der Waals surface area contributed by atoms with E-state index in [9.17, 15) is 19.2 Å². The second-order valence-electron chi connectivity index (χ2n) is 8.92. The third kappa shape index (κ3) is 7.45. The monoisotopic (exact) mass is 579 g/mol. The normalized spacial score (nSPS) is 18.8. The Kier molecular flexibility index (Phi) is 10.3. The van der Waals surface area contributed by atoms with E-state index in [2.05, 4.69) is 5.32 Å². The summed E-state index contributed by atoms with van der Waals surface area (Å²) in [6, 6.07) is 24.6. The highest BCUT2D eigenvalue weighted by Crippen LogP contribution is 2.54. The minimum atomic E-state index is -0.912. The maximum absolute atomic E-state index is 13.1. The van der Waals surface area contributed by atoms with E-state index in [1.807, 2.05) is 60.7 Å². The number of nitrogens with one attached hydrogen (secondary N) is 1. The fourth-order valence-electron chi connectivity index (χ4n) is 4.09. The first-order valence-corrected chi connectivity index (χ1v) is 14.4. The Morgan fingerprint density at radius 3 is 1.85 bits per heavy atom. The molecule has 4 rings (SSSR count). The topological polar surface area (TPSA) is 108 Å². The average Bonchev–Trinajstić information content (AvgIpc) is 3.45. The number of benzene rings is 3. The lowest BCUT2D eigenvalue weighted by atomic mass is 10.0. The van der Waals surface area contributed by atoms with E-state index >= 15 is 0 Å². The summed E-state index contributed by atoms with van der Waals surface area (Å²) in [5.74, 6) is -1.86. The Balaban J connectivity index is 1.47. The van der Waals surface area contributed by atoms with Crippen LogP contribution in [-0.2, 0) is 41.6 Å². The molecule has 10 heteroatoms. The number of carbonyl (C=O) groups excluding carboxylic acids is 4. The highest BCUT2D eigenvalue weighted by molar-refractivity contribution is 8.21. The Morgan fingerprint density at radius 1 is 0.750 bits per heavy atom. The number of amides is 1. The molecule has 0 saturated carbocycles. The molecule has 0 aromatic heterocycles. The Hall–Kier alpha value is -3.76. The molecule has 3 aromatic rings. The van der Waals surface area contributed by atoms with Crippen LogP contribution in [0.5, 0.6) is 0 Å². The summed E-state index contributed by atoms with van der Waals surface area (Å²) in [6.45, 7) is 0.0924. The lowest BCUT2D eigenvalue weighted by Crippen LogP contribution is -2.43. The van der Waals surface area contributed by atoms with Crippen LogP contribution in [0.15, 0.2) is 84.9 Å². The molecule has 8 nitrogen and oxygen atoms in total. The maximum atomic E-state index is 13.1. The summed E-state index contributed by atoms with van der Waals surface area (Å²) >= 11 is 2.68. The van der Waals surface area contributed by atoms with Crippen molar-refractivity contribution in [2.45, 2.75) is 34.2 Å². The molecular formula is C30H29NO7S2. The summed E-state index contributed by atoms with van der Waals surface area (Å²) in [7, 11) is 2.59. The number of methoxy groups -OCH3 is 2. The first kappa shape index (κ1) is 29.2. The molecule has 2 unspecified atom stereocenters. The summed E-state index contributed by atoms with van der Waals surface area (Å²) in [6.07, 6.45) is 0.215. The molecule has 1 amide bonds. The van der Waals surface area contributed by atoms with Gasteiger partial charge in [0.1, 0.15) is 23.1 Å². The van der Waals surface area contributed by atoms with E-state index in [1.54, 1.807) is 24.3 Å². The van der Waals surface area contributed by atoms with Crippen molar-refractivity contribution in [2.75, 3.05) is 14.2 Å². The SMILES string of the molecule is COC(=O)C1SC(c2ccc(C[C@H](NC(=O)c3ccccc3)C(=O)OCc3ccccc3)cc2)SC1C(=O)OC. The third-order valence-electron chi connectivity index (χ3n) is 6.22. The highest BCUT2D eigenvalue weighted by atomic mass is 32.2. The second-order valence-corrected chi connectivity index (χ2v) is 11.7.